The molecule has 2 aromatic heterocycles. The lowest BCUT2D eigenvalue weighted by molar-refractivity contribution is 1.31. The van der Waals surface area contributed by atoms with Crippen LogP contribution in [0.3, 0.4) is 0 Å². The fourth-order valence-electron chi connectivity index (χ4n) is 6.10. The number of aromatic nitrogens is 3. The van der Waals surface area contributed by atoms with Crippen molar-refractivity contribution in [2.75, 3.05) is 0 Å². The first-order chi connectivity index (χ1) is 21.3. The molecular formula is C40H27N3. The predicted molar refractivity (Wildman–Crippen MR) is 181 cm³/mol. The normalized spacial score (nSPS) is 11.3. The van der Waals surface area contributed by atoms with Gasteiger partial charge in [0.1, 0.15) is 0 Å². The van der Waals surface area contributed by atoms with Crippen LogP contribution in [-0.4, -0.2) is 15.0 Å². The van der Waals surface area contributed by atoms with Gasteiger partial charge in [-0.2, -0.15) is 0 Å². The van der Waals surface area contributed by atoms with E-state index in [1.54, 1.807) is 12.4 Å². The van der Waals surface area contributed by atoms with E-state index in [0.717, 1.165) is 11.0 Å². The van der Waals surface area contributed by atoms with Gasteiger partial charge < -0.3 is 4.98 Å². The van der Waals surface area contributed by atoms with Crippen molar-refractivity contribution in [2.24, 2.45) is 0 Å². The Morgan fingerprint density at radius 3 is 1.16 bits per heavy atom. The summed E-state index contributed by atoms with van der Waals surface area (Å²) in [5.74, 6) is 0. The Morgan fingerprint density at radius 2 is 0.721 bits per heavy atom. The third kappa shape index (κ3) is 4.48. The van der Waals surface area contributed by atoms with Crippen LogP contribution in [0.25, 0.3) is 76.6 Å². The second-order valence-electron chi connectivity index (χ2n) is 10.7. The number of hydrogen-bond donors (Lipinski definition) is 1. The van der Waals surface area contributed by atoms with Crippen LogP contribution in [0.2, 0.25) is 0 Å². The van der Waals surface area contributed by atoms with Gasteiger partial charge in [0, 0.05) is 45.0 Å². The molecule has 0 radical (unpaired) electrons. The lowest BCUT2D eigenvalue weighted by Crippen LogP contribution is -1.87. The molecule has 0 aliphatic carbocycles. The average molecular weight is 550 g/mol. The van der Waals surface area contributed by atoms with E-state index in [1.165, 1.54) is 65.6 Å². The van der Waals surface area contributed by atoms with Crippen molar-refractivity contribution in [3.63, 3.8) is 0 Å². The molecule has 0 fully saturated rings. The molecule has 7 aromatic carbocycles. The Balaban J connectivity index is 0.000000136. The number of hydrogen-bond acceptors (Lipinski definition) is 2. The summed E-state index contributed by atoms with van der Waals surface area (Å²) in [7, 11) is 0. The Labute approximate surface area is 249 Å². The molecule has 0 saturated carbocycles. The summed E-state index contributed by atoms with van der Waals surface area (Å²) in [6, 6.07) is 51.1. The molecule has 3 heteroatoms. The minimum atomic E-state index is 0.979. The summed E-state index contributed by atoms with van der Waals surface area (Å²) in [5, 5.41) is 7.35. The maximum atomic E-state index is 4.50. The lowest BCUT2D eigenvalue weighted by Gasteiger charge is -2.07. The SMILES string of the molecule is c1ccc(-c2ccc3[nH]c4ccc(-c5ccccc5)cc4c3c2)cc1.c1ccc2c(c1)c1ccccc1c1nccnc21. The number of fused-ring (bicyclic) bond motifs is 9. The van der Waals surface area contributed by atoms with E-state index >= 15 is 0 Å². The summed E-state index contributed by atoms with van der Waals surface area (Å²) in [6.07, 6.45) is 3.51. The molecule has 1 N–H and O–H groups in total. The van der Waals surface area contributed by atoms with E-state index in [9.17, 15) is 0 Å². The molecule has 3 nitrogen and oxygen atoms in total. The van der Waals surface area contributed by atoms with Crippen molar-refractivity contribution in [1.29, 1.82) is 0 Å². The van der Waals surface area contributed by atoms with E-state index in [2.05, 4.69) is 148 Å². The first-order valence-electron chi connectivity index (χ1n) is 14.5. The highest BCUT2D eigenvalue weighted by molar-refractivity contribution is 6.22. The number of aromatic amines is 1. The quantitative estimate of drug-likeness (QED) is 0.218. The van der Waals surface area contributed by atoms with Crippen molar-refractivity contribution in [2.45, 2.75) is 0 Å². The topological polar surface area (TPSA) is 41.6 Å². The minimum Gasteiger partial charge on any atom is -0.355 e. The first-order valence-corrected chi connectivity index (χ1v) is 14.5. The van der Waals surface area contributed by atoms with E-state index in [1.807, 2.05) is 12.1 Å². The minimum absolute atomic E-state index is 0.979. The average Bonchev–Trinajstić information content (AvgIpc) is 3.47. The molecular weight excluding hydrogens is 522 g/mol. The van der Waals surface area contributed by atoms with Crippen molar-refractivity contribution in [1.82, 2.24) is 15.0 Å². The molecule has 0 atom stereocenters. The van der Waals surface area contributed by atoms with Crippen molar-refractivity contribution >= 4 is 54.4 Å². The van der Waals surface area contributed by atoms with Crippen LogP contribution in [0.4, 0.5) is 0 Å². The second-order valence-corrected chi connectivity index (χ2v) is 10.7. The molecule has 0 bridgehead atoms. The van der Waals surface area contributed by atoms with E-state index in [0.29, 0.717) is 0 Å². The van der Waals surface area contributed by atoms with Crippen LogP contribution in [-0.2, 0) is 0 Å². The summed E-state index contributed by atoms with van der Waals surface area (Å²) < 4.78 is 0. The van der Waals surface area contributed by atoms with Gasteiger partial charge in [0.05, 0.1) is 11.0 Å². The van der Waals surface area contributed by atoms with Crippen molar-refractivity contribution in [3.8, 4) is 22.3 Å². The zero-order chi connectivity index (χ0) is 28.6. The van der Waals surface area contributed by atoms with Gasteiger partial charge in [0.25, 0.3) is 0 Å². The highest BCUT2D eigenvalue weighted by atomic mass is 14.8. The molecule has 0 aliphatic rings. The summed E-state index contributed by atoms with van der Waals surface area (Å²) in [6.45, 7) is 0. The van der Waals surface area contributed by atoms with E-state index in [-0.39, 0.29) is 0 Å². The number of nitrogens with zero attached hydrogens (tertiary/aromatic N) is 2. The molecule has 0 unspecified atom stereocenters. The predicted octanol–water partition coefficient (Wildman–Crippen LogP) is 10.6. The van der Waals surface area contributed by atoms with Gasteiger partial charge in [-0.05, 0) is 57.3 Å². The van der Waals surface area contributed by atoms with Gasteiger partial charge in [-0.3, -0.25) is 9.97 Å². The maximum absolute atomic E-state index is 4.50. The van der Waals surface area contributed by atoms with Gasteiger partial charge in [0.2, 0.25) is 0 Å². The second kappa shape index (κ2) is 10.6. The summed E-state index contributed by atoms with van der Waals surface area (Å²) in [4.78, 5) is 12.5. The Morgan fingerprint density at radius 1 is 0.326 bits per heavy atom. The number of H-pyrrole nitrogens is 1. The van der Waals surface area contributed by atoms with Crippen LogP contribution in [0.1, 0.15) is 0 Å². The molecule has 0 aliphatic heterocycles. The smallest absolute Gasteiger partial charge is 0.0971 e. The molecule has 9 aromatic rings. The highest BCUT2D eigenvalue weighted by Gasteiger charge is 2.09. The Hall–Kier alpha value is -5.80. The fraction of sp³-hybridized carbons (Fsp3) is 0. The fourth-order valence-corrected chi connectivity index (χ4v) is 6.10. The molecule has 202 valence electrons. The van der Waals surface area contributed by atoms with E-state index in [4.69, 9.17) is 0 Å². The Bertz CT molecular complexity index is 2080. The number of rotatable bonds is 2. The molecule has 0 saturated heterocycles. The maximum Gasteiger partial charge on any atom is 0.0971 e. The third-order valence-electron chi connectivity index (χ3n) is 8.17. The van der Waals surface area contributed by atoms with Crippen molar-refractivity contribution in [3.05, 3.63) is 158 Å². The van der Waals surface area contributed by atoms with Gasteiger partial charge in [-0.1, -0.05) is 121 Å². The number of benzene rings is 7. The molecule has 9 rings (SSSR count). The van der Waals surface area contributed by atoms with Crippen molar-refractivity contribution < 1.29 is 0 Å². The van der Waals surface area contributed by atoms with Crippen LogP contribution < -0.4 is 0 Å². The third-order valence-corrected chi connectivity index (χ3v) is 8.17. The molecule has 43 heavy (non-hydrogen) atoms. The Kier molecular flexibility index (Phi) is 6.12. The monoisotopic (exact) mass is 549 g/mol. The van der Waals surface area contributed by atoms with Crippen LogP contribution in [0.5, 0.6) is 0 Å². The standard InChI is InChI=1S/C24H17N.C16H10N2/c1-3-7-17(8-4-1)19-11-13-23-21(15-19)22-16-20(12-14-24(22)25-23)18-9-5-2-6-10-18;1-3-7-13-11(5-1)12-6-2-4-8-14(12)16-15(13)17-9-10-18-16/h1-16,25H;1-10H. The van der Waals surface area contributed by atoms with Crippen LogP contribution in [0, 0.1) is 0 Å². The van der Waals surface area contributed by atoms with Crippen LogP contribution in [0.15, 0.2) is 158 Å². The first kappa shape index (κ1) is 25.0. The van der Waals surface area contributed by atoms with Gasteiger partial charge in [-0.15, -0.1) is 0 Å². The lowest BCUT2D eigenvalue weighted by atomic mass is 10.00. The summed E-state index contributed by atoms with van der Waals surface area (Å²) in [5.41, 5.74) is 9.31. The van der Waals surface area contributed by atoms with Gasteiger partial charge in [-0.25, -0.2) is 0 Å². The largest absolute Gasteiger partial charge is 0.355 e. The van der Waals surface area contributed by atoms with E-state index < -0.39 is 0 Å². The highest BCUT2D eigenvalue weighted by Crippen LogP contribution is 2.34. The van der Waals surface area contributed by atoms with Gasteiger partial charge >= 0.3 is 0 Å². The summed E-state index contributed by atoms with van der Waals surface area (Å²) >= 11 is 0. The number of nitrogens with one attached hydrogen (secondary N) is 1. The zero-order valence-electron chi connectivity index (χ0n) is 23.4. The molecule has 0 spiro atoms. The zero-order valence-corrected chi connectivity index (χ0v) is 23.4. The molecule has 2 heterocycles. The van der Waals surface area contributed by atoms with Gasteiger partial charge in [0.15, 0.2) is 0 Å². The molecule has 0 amide bonds. The van der Waals surface area contributed by atoms with Crippen LogP contribution >= 0.6 is 0 Å².